The predicted molar refractivity (Wildman–Crippen MR) is 188 cm³/mol. The maximum Gasteiger partial charge on any atom is 0.517 e. The average Bonchev–Trinajstić information content (AvgIpc) is 3.04. The topological polar surface area (TPSA) is 46.5 Å². The fourth-order valence-corrected chi connectivity index (χ4v) is 8.88. The molecule has 3 aromatic rings. The second kappa shape index (κ2) is 20.3. The number of aryl methyl sites for hydroxylation is 3. The molecule has 0 radical (unpaired) electrons. The van der Waals surface area contributed by atoms with Crippen LogP contribution in [0.15, 0.2) is 87.5 Å². The largest absolute Gasteiger partial charge is 0.517 e. The minimum atomic E-state index is -2.48. The van der Waals surface area contributed by atoms with Gasteiger partial charge in [0.25, 0.3) is 0 Å². The second-order valence-electron chi connectivity index (χ2n) is 12.3. The Bertz CT molecular complexity index is 1050. The summed E-state index contributed by atoms with van der Waals surface area (Å²) in [6, 6.07) is 25.8. The third kappa shape index (κ3) is 11.3. The van der Waals surface area contributed by atoms with Crippen LogP contribution in [0, 0.1) is 0 Å². The van der Waals surface area contributed by atoms with Crippen molar-refractivity contribution in [3.05, 3.63) is 89.5 Å². The van der Waals surface area contributed by atoms with Crippen molar-refractivity contribution < 1.29 is 14.1 Å². The molecule has 0 bridgehead atoms. The smallest absolute Gasteiger partial charge is 0.449 e. The molecule has 4 heteroatoms. The van der Waals surface area contributed by atoms with Crippen molar-refractivity contribution >= 4 is 16.5 Å². The van der Waals surface area contributed by atoms with Gasteiger partial charge in [-0.25, -0.2) is 4.79 Å². The van der Waals surface area contributed by atoms with Crippen LogP contribution in [0.25, 0.3) is 0 Å². The summed E-state index contributed by atoms with van der Waals surface area (Å²) in [7, 11) is -2.48. The maximum absolute atomic E-state index is 12.4. The molecule has 0 aromatic heterocycles. The molecule has 0 saturated carbocycles. The Kier molecular flexibility index (Phi) is 16.5. The fourth-order valence-electron chi connectivity index (χ4n) is 6.00. The third-order valence-corrected chi connectivity index (χ3v) is 11.9. The van der Waals surface area contributed by atoms with Gasteiger partial charge in [0.15, 0.2) is 0 Å². The molecule has 0 amide bonds. The Labute approximate surface area is 270 Å². The Morgan fingerprint density at radius 1 is 0.477 bits per heavy atom. The molecular formula is C40H58O3S. The molecule has 0 aliphatic carbocycles. The van der Waals surface area contributed by atoms with Crippen molar-refractivity contribution in [2.45, 2.75) is 151 Å². The lowest BCUT2D eigenvalue weighted by Crippen LogP contribution is -2.12. The first-order valence-electron chi connectivity index (χ1n) is 17.6. The zero-order chi connectivity index (χ0) is 31.5. The highest BCUT2D eigenvalue weighted by Gasteiger charge is 2.36. The first kappa shape index (κ1) is 35.8. The second-order valence-corrected chi connectivity index (χ2v) is 15.0. The lowest BCUT2D eigenvalue weighted by atomic mass is 10.1. The molecule has 1 N–H and O–H groups in total. The van der Waals surface area contributed by atoms with Gasteiger partial charge in [-0.1, -0.05) is 134 Å². The van der Waals surface area contributed by atoms with E-state index in [4.69, 9.17) is 4.18 Å². The summed E-state index contributed by atoms with van der Waals surface area (Å²) in [5.74, 6) is 0. The van der Waals surface area contributed by atoms with E-state index in [1.165, 1.54) is 113 Å². The van der Waals surface area contributed by atoms with Crippen LogP contribution in [-0.2, 0) is 23.4 Å². The summed E-state index contributed by atoms with van der Waals surface area (Å²) >= 11 is 0. The van der Waals surface area contributed by atoms with Gasteiger partial charge in [-0.15, -0.1) is 0 Å². The molecule has 3 aromatic carbocycles. The van der Waals surface area contributed by atoms with Crippen LogP contribution in [0.2, 0.25) is 0 Å². The monoisotopic (exact) mass is 618 g/mol. The highest BCUT2D eigenvalue weighted by atomic mass is 32.3. The molecule has 0 spiro atoms. The molecule has 0 aliphatic heterocycles. The molecule has 242 valence electrons. The van der Waals surface area contributed by atoms with Crippen LogP contribution in [0.1, 0.15) is 134 Å². The fraction of sp³-hybridized carbons (Fsp3) is 0.525. The molecule has 0 saturated heterocycles. The highest BCUT2D eigenvalue weighted by Crippen LogP contribution is 2.69. The van der Waals surface area contributed by atoms with Gasteiger partial charge in [-0.05, 0) is 102 Å². The number of hydrogen-bond donors (Lipinski definition) is 1. The molecule has 0 heterocycles. The van der Waals surface area contributed by atoms with E-state index in [0.717, 1.165) is 33.9 Å². The van der Waals surface area contributed by atoms with Crippen molar-refractivity contribution in [1.29, 1.82) is 0 Å². The summed E-state index contributed by atoms with van der Waals surface area (Å²) < 4.78 is 6.09. The SMILES string of the molecule is CCCCCCCc1ccc(S(OC(=O)O)(c2ccc(CCCCCCC)cc2)c2ccc(CCCCCCC)cc2)cc1. The molecule has 0 aliphatic rings. The quantitative estimate of drug-likeness (QED) is 0.114. The molecule has 0 atom stereocenters. The third-order valence-electron chi connectivity index (χ3n) is 8.67. The zero-order valence-corrected chi connectivity index (χ0v) is 28.6. The first-order valence-corrected chi connectivity index (χ1v) is 19.1. The van der Waals surface area contributed by atoms with Crippen LogP contribution >= 0.6 is 10.3 Å². The Morgan fingerprint density at radius 2 is 0.750 bits per heavy atom. The lowest BCUT2D eigenvalue weighted by Gasteiger charge is -2.39. The van der Waals surface area contributed by atoms with Crippen LogP contribution in [0.3, 0.4) is 0 Å². The summed E-state index contributed by atoms with van der Waals surface area (Å²) in [6.45, 7) is 6.74. The summed E-state index contributed by atoms with van der Waals surface area (Å²) in [5, 5.41) is 10.2. The maximum atomic E-state index is 12.4. The number of benzene rings is 3. The average molecular weight is 619 g/mol. The van der Waals surface area contributed by atoms with Crippen molar-refractivity contribution in [2.24, 2.45) is 0 Å². The van der Waals surface area contributed by atoms with Gasteiger partial charge in [0.2, 0.25) is 0 Å². The van der Waals surface area contributed by atoms with Crippen LogP contribution in [0.4, 0.5) is 4.79 Å². The van der Waals surface area contributed by atoms with E-state index in [-0.39, 0.29) is 0 Å². The van der Waals surface area contributed by atoms with E-state index in [1.807, 2.05) is 0 Å². The van der Waals surface area contributed by atoms with E-state index in [0.29, 0.717) is 0 Å². The Balaban J connectivity index is 1.91. The van der Waals surface area contributed by atoms with Gasteiger partial charge < -0.3 is 9.29 Å². The van der Waals surface area contributed by atoms with Gasteiger partial charge in [0, 0.05) is 14.7 Å². The summed E-state index contributed by atoms with van der Waals surface area (Å²) in [6.07, 6.45) is 20.7. The van der Waals surface area contributed by atoms with Gasteiger partial charge in [0.1, 0.15) is 0 Å². The highest BCUT2D eigenvalue weighted by molar-refractivity contribution is 8.30. The van der Waals surface area contributed by atoms with Crippen molar-refractivity contribution in [3.63, 3.8) is 0 Å². The number of hydrogen-bond acceptors (Lipinski definition) is 2. The molecular weight excluding hydrogens is 561 g/mol. The van der Waals surface area contributed by atoms with Crippen LogP contribution in [-0.4, -0.2) is 11.3 Å². The first-order chi connectivity index (χ1) is 21.5. The summed E-state index contributed by atoms with van der Waals surface area (Å²) in [4.78, 5) is 15.2. The number of carbonyl (C=O) groups is 1. The van der Waals surface area contributed by atoms with Gasteiger partial charge in [-0.2, -0.15) is 0 Å². The van der Waals surface area contributed by atoms with E-state index in [2.05, 4.69) is 93.6 Å². The van der Waals surface area contributed by atoms with Crippen LogP contribution in [0.5, 0.6) is 0 Å². The molecule has 3 nitrogen and oxygen atoms in total. The Hall–Kier alpha value is -2.72. The normalized spacial score (nSPS) is 11.9. The zero-order valence-electron chi connectivity index (χ0n) is 27.8. The standard InChI is InChI=1S/C40H58O3S/c1-4-7-10-13-16-19-34-22-28-37(29-23-34)44(43-40(41)42,38-30-24-35(25-31-38)20-17-14-11-8-5-2)39-32-26-36(27-33-39)21-18-15-12-9-6-3/h22-33H,4-21H2,1-3H3,(H,41,42). The van der Waals surface area contributed by atoms with Gasteiger partial charge >= 0.3 is 6.16 Å². The minimum absolute atomic E-state index is 0.925. The molecule has 0 fully saturated rings. The van der Waals surface area contributed by atoms with E-state index in [9.17, 15) is 9.90 Å². The van der Waals surface area contributed by atoms with Crippen molar-refractivity contribution in [2.75, 3.05) is 0 Å². The van der Waals surface area contributed by atoms with Crippen molar-refractivity contribution in [1.82, 2.24) is 0 Å². The molecule has 44 heavy (non-hydrogen) atoms. The number of unbranched alkanes of at least 4 members (excludes halogenated alkanes) is 12. The molecule has 3 rings (SSSR count). The minimum Gasteiger partial charge on any atom is -0.449 e. The van der Waals surface area contributed by atoms with Gasteiger partial charge in [-0.3, -0.25) is 0 Å². The van der Waals surface area contributed by atoms with E-state index >= 15 is 0 Å². The summed E-state index contributed by atoms with van der Waals surface area (Å²) in [5.41, 5.74) is 3.89. The van der Waals surface area contributed by atoms with Crippen LogP contribution < -0.4 is 0 Å². The predicted octanol–water partition coefficient (Wildman–Crippen LogP) is 13.1. The Morgan fingerprint density at radius 3 is 1.00 bits per heavy atom. The number of carboxylic acid groups (broad SMARTS) is 1. The van der Waals surface area contributed by atoms with Crippen molar-refractivity contribution in [3.8, 4) is 0 Å². The number of rotatable bonds is 22. The van der Waals surface area contributed by atoms with E-state index in [1.54, 1.807) is 0 Å². The lowest BCUT2D eigenvalue weighted by molar-refractivity contribution is 0.150. The van der Waals surface area contributed by atoms with Gasteiger partial charge in [0.05, 0.1) is 0 Å². The molecule has 0 unspecified atom stereocenters. The van der Waals surface area contributed by atoms with E-state index < -0.39 is 16.5 Å².